The first-order valence-corrected chi connectivity index (χ1v) is 7.80. The van der Waals surface area contributed by atoms with Gasteiger partial charge in [0, 0.05) is 6.04 Å². The molecule has 2 aromatic rings. The highest BCUT2D eigenvalue weighted by molar-refractivity contribution is 5.64. The molecule has 0 saturated heterocycles. The third-order valence-corrected chi connectivity index (χ3v) is 3.94. The van der Waals surface area contributed by atoms with Gasteiger partial charge in [0.2, 0.25) is 0 Å². The van der Waals surface area contributed by atoms with E-state index in [-0.39, 0.29) is 6.04 Å². The molecule has 0 saturated carbocycles. The molecule has 0 bridgehead atoms. The molecule has 0 spiro atoms. The number of hydrogen-bond donors (Lipinski definition) is 1. The van der Waals surface area contributed by atoms with Crippen molar-refractivity contribution in [2.75, 3.05) is 0 Å². The molecule has 2 aromatic carbocycles. The van der Waals surface area contributed by atoms with E-state index in [2.05, 4.69) is 13.8 Å². The number of halogens is 3. The van der Waals surface area contributed by atoms with Gasteiger partial charge >= 0.3 is 6.18 Å². The van der Waals surface area contributed by atoms with E-state index in [1.807, 2.05) is 24.3 Å². The standard InChI is InChI=1S/C19H22F3N/c1-13(2)3-12-18(23)16-6-4-14(5-7-16)15-8-10-17(11-9-15)19(20,21)22/h4-11,13,18H,3,12,23H2,1-2H3/t18-/m0/s1. The first kappa shape index (κ1) is 17.5. The summed E-state index contributed by atoms with van der Waals surface area (Å²) in [6, 6.07) is 12.9. The molecule has 124 valence electrons. The molecule has 0 fully saturated rings. The summed E-state index contributed by atoms with van der Waals surface area (Å²) in [6.07, 6.45) is -2.30. The fourth-order valence-corrected chi connectivity index (χ4v) is 2.45. The van der Waals surface area contributed by atoms with Crippen LogP contribution in [0.1, 0.15) is 43.9 Å². The minimum Gasteiger partial charge on any atom is -0.324 e. The van der Waals surface area contributed by atoms with Gasteiger partial charge < -0.3 is 5.73 Å². The Morgan fingerprint density at radius 3 is 1.74 bits per heavy atom. The second-order valence-electron chi connectivity index (χ2n) is 6.27. The number of benzene rings is 2. The Morgan fingerprint density at radius 2 is 1.30 bits per heavy atom. The molecule has 0 aliphatic carbocycles. The molecule has 0 amide bonds. The summed E-state index contributed by atoms with van der Waals surface area (Å²) in [5, 5.41) is 0. The van der Waals surface area contributed by atoms with Crippen LogP contribution < -0.4 is 5.73 Å². The Kier molecular flexibility index (Phi) is 5.47. The number of alkyl halides is 3. The predicted octanol–water partition coefficient (Wildman–Crippen LogP) is 5.81. The van der Waals surface area contributed by atoms with Gasteiger partial charge in [0.25, 0.3) is 0 Å². The van der Waals surface area contributed by atoms with Gasteiger partial charge in [-0.25, -0.2) is 0 Å². The van der Waals surface area contributed by atoms with Crippen LogP contribution in [0.15, 0.2) is 48.5 Å². The molecule has 1 nitrogen and oxygen atoms in total. The fraction of sp³-hybridized carbons (Fsp3) is 0.368. The van der Waals surface area contributed by atoms with Crippen molar-refractivity contribution in [2.45, 2.75) is 38.9 Å². The highest BCUT2D eigenvalue weighted by Crippen LogP contribution is 2.31. The largest absolute Gasteiger partial charge is 0.416 e. The summed E-state index contributed by atoms with van der Waals surface area (Å²) in [5.74, 6) is 0.618. The van der Waals surface area contributed by atoms with Crippen molar-refractivity contribution in [2.24, 2.45) is 11.7 Å². The van der Waals surface area contributed by atoms with E-state index < -0.39 is 11.7 Å². The predicted molar refractivity (Wildman–Crippen MR) is 87.9 cm³/mol. The van der Waals surface area contributed by atoms with Crippen LogP contribution in [-0.2, 0) is 6.18 Å². The van der Waals surface area contributed by atoms with Crippen molar-refractivity contribution in [3.8, 4) is 11.1 Å². The van der Waals surface area contributed by atoms with Crippen LogP contribution in [0, 0.1) is 5.92 Å². The summed E-state index contributed by atoms with van der Waals surface area (Å²) in [4.78, 5) is 0. The first-order valence-electron chi connectivity index (χ1n) is 7.80. The zero-order chi connectivity index (χ0) is 17.0. The van der Waals surface area contributed by atoms with Crippen molar-refractivity contribution >= 4 is 0 Å². The van der Waals surface area contributed by atoms with Gasteiger partial charge in [-0.15, -0.1) is 0 Å². The van der Waals surface area contributed by atoms with E-state index >= 15 is 0 Å². The molecule has 0 radical (unpaired) electrons. The number of rotatable bonds is 5. The second kappa shape index (κ2) is 7.18. The third kappa shape index (κ3) is 4.83. The molecule has 0 unspecified atom stereocenters. The molecule has 0 aliphatic heterocycles. The average molecular weight is 321 g/mol. The molecule has 1 atom stereocenters. The molecule has 0 aromatic heterocycles. The van der Waals surface area contributed by atoms with Gasteiger partial charge in [-0.2, -0.15) is 13.2 Å². The van der Waals surface area contributed by atoms with Crippen molar-refractivity contribution in [3.05, 3.63) is 59.7 Å². The minimum absolute atomic E-state index is 0.000875. The zero-order valence-corrected chi connectivity index (χ0v) is 13.4. The van der Waals surface area contributed by atoms with Crippen molar-refractivity contribution in [1.29, 1.82) is 0 Å². The lowest BCUT2D eigenvalue weighted by molar-refractivity contribution is -0.137. The Labute approximate surface area is 135 Å². The Morgan fingerprint density at radius 1 is 0.826 bits per heavy atom. The van der Waals surface area contributed by atoms with Gasteiger partial charge in [0.15, 0.2) is 0 Å². The van der Waals surface area contributed by atoms with Gasteiger partial charge in [-0.05, 0) is 47.6 Å². The highest BCUT2D eigenvalue weighted by atomic mass is 19.4. The number of nitrogens with two attached hydrogens (primary N) is 1. The minimum atomic E-state index is -4.30. The van der Waals surface area contributed by atoms with E-state index in [1.165, 1.54) is 12.1 Å². The van der Waals surface area contributed by atoms with Gasteiger partial charge in [-0.3, -0.25) is 0 Å². The average Bonchev–Trinajstić information content (AvgIpc) is 2.52. The summed E-state index contributed by atoms with van der Waals surface area (Å²) < 4.78 is 37.7. The molecule has 23 heavy (non-hydrogen) atoms. The summed E-state index contributed by atoms with van der Waals surface area (Å²) in [7, 11) is 0. The summed E-state index contributed by atoms with van der Waals surface area (Å²) in [5.41, 5.74) is 8.25. The molecule has 2 rings (SSSR count). The van der Waals surface area contributed by atoms with Crippen molar-refractivity contribution in [3.63, 3.8) is 0 Å². The first-order chi connectivity index (χ1) is 10.8. The van der Waals surface area contributed by atoms with Crippen LogP contribution in [-0.4, -0.2) is 0 Å². The maximum Gasteiger partial charge on any atom is 0.416 e. The fourth-order valence-electron chi connectivity index (χ4n) is 2.45. The van der Waals surface area contributed by atoms with Crippen LogP contribution in [0.4, 0.5) is 13.2 Å². The van der Waals surface area contributed by atoms with Crippen molar-refractivity contribution in [1.82, 2.24) is 0 Å². The SMILES string of the molecule is CC(C)CC[C@H](N)c1ccc(-c2ccc(C(F)(F)F)cc2)cc1. The van der Waals surface area contributed by atoms with E-state index in [0.29, 0.717) is 5.92 Å². The van der Waals surface area contributed by atoms with Gasteiger partial charge in [-0.1, -0.05) is 50.2 Å². The van der Waals surface area contributed by atoms with Crippen molar-refractivity contribution < 1.29 is 13.2 Å². The monoisotopic (exact) mass is 321 g/mol. The maximum absolute atomic E-state index is 12.6. The van der Waals surface area contributed by atoms with Crippen LogP contribution in [0.3, 0.4) is 0 Å². The van der Waals surface area contributed by atoms with E-state index in [0.717, 1.165) is 41.7 Å². The normalized spacial score (nSPS) is 13.3. The van der Waals surface area contributed by atoms with Gasteiger partial charge in [0.1, 0.15) is 0 Å². The lowest BCUT2D eigenvalue weighted by Crippen LogP contribution is -2.11. The lowest BCUT2D eigenvalue weighted by Gasteiger charge is -2.14. The van der Waals surface area contributed by atoms with Crippen LogP contribution in [0.2, 0.25) is 0 Å². The highest BCUT2D eigenvalue weighted by Gasteiger charge is 2.29. The number of hydrogen-bond acceptors (Lipinski definition) is 1. The topological polar surface area (TPSA) is 26.0 Å². The quantitative estimate of drug-likeness (QED) is 0.739. The second-order valence-corrected chi connectivity index (χ2v) is 6.27. The van der Waals surface area contributed by atoms with E-state index in [1.54, 1.807) is 0 Å². The maximum atomic E-state index is 12.6. The summed E-state index contributed by atoms with van der Waals surface area (Å²) >= 11 is 0. The Balaban J connectivity index is 2.10. The molecular formula is C19H22F3N. The van der Waals surface area contributed by atoms with Crippen LogP contribution >= 0.6 is 0 Å². The molecule has 2 N–H and O–H groups in total. The van der Waals surface area contributed by atoms with E-state index in [4.69, 9.17) is 5.73 Å². The molecule has 4 heteroatoms. The zero-order valence-electron chi connectivity index (χ0n) is 13.4. The Hall–Kier alpha value is -1.81. The van der Waals surface area contributed by atoms with Crippen LogP contribution in [0.25, 0.3) is 11.1 Å². The molecule has 0 aliphatic rings. The van der Waals surface area contributed by atoms with E-state index in [9.17, 15) is 13.2 Å². The molecule has 0 heterocycles. The molecular weight excluding hydrogens is 299 g/mol. The smallest absolute Gasteiger partial charge is 0.324 e. The third-order valence-electron chi connectivity index (χ3n) is 3.94. The van der Waals surface area contributed by atoms with Crippen LogP contribution in [0.5, 0.6) is 0 Å². The van der Waals surface area contributed by atoms with Gasteiger partial charge in [0.05, 0.1) is 5.56 Å². The lowest BCUT2D eigenvalue weighted by atomic mass is 9.96. The Bertz CT molecular complexity index is 613. The summed E-state index contributed by atoms with van der Waals surface area (Å²) in [6.45, 7) is 4.33.